The van der Waals surface area contributed by atoms with Crippen LogP contribution >= 0.6 is 11.8 Å². The van der Waals surface area contributed by atoms with E-state index in [2.05, 4.69) is 0 Å². The molecule has 7 heteroatoms. The van der Waals surface area contributed by atoms with Crippen LogP contribution in [0.4, 0.5) is 22.0 Å². The van der Waals surface area contributed by atoms with Crippen LogP contribution in [0.3, 0.4) is 0 Å². The fourth-order valence-electron chi connectivity index (χ4n) is 1.02. The number of thioether (sulfide) groups is 1. The second kappa shape index (κ2) is 5.01. The number of benzene rings is 1. The maximum atomic E-state index is 12.1. The van der Waals surface area contributed by atoms with E-state index in [0.717, 1.165) is 24.3 Å². The number of aliphatic hydroxyl groups excluding tert-OH is 1. The Bertz CT molecular complexity index is 335. The highest BCUT2D eigenvalue weighted by Crippen LogP contribution is 2.33. The van der Waals surface area contributed by atoms with E-state index < -0.39 is 18.0 Å². The van der Waals surface area contributed by atoms with Crippen LogP contribution in [0.2, 0.25) is 0 Å². The van der Waals surface area contributed by atoms with Crippen LogP contribution in [0.15, 0.2) is 29.2 Å². The Balaban J connectivity index is 2.79. The quantitative estimate of drug-likeness (QED) is 0.660. The molecule has 0 aliphatic carbocycles. The lowest BCUT2D eigenvalue weighted by molar-refractivity contribution is -0.206. The number of rotatable bonds is 3. The highest BCUT2D eigenvalue weighted by Gasteiger charge is 2.39. The third-order valence-electron chi connectivity index (χ3n) is 1.73. The second-order valence-electron chi connectivity index (χ2n) is 2.89. The predicted octanol–water partition coefficient (Wildman–Crippen LogP) is 3.60. The SMILES string of the molecule is OC(c1ccc(SC(F)F)cc1)C(F)(F)F. The van der Waals surface area contributed by atoms with Gasteiger partial charge in [0, 0.05) is 4.90 Å². The minimum Gasteiger partial charge on any atom is -0.379 e. The number of alkyl halides is 5. The first-order chi connectivity index (χ1) is 7.30. The van der Waals surface area contributed by atoms with Crippen LogP contribution in [0.5, 0.6) is 0 Å². The lowest BCUT2D eigenvalue weighted by atomic mass is 10.1. The zero-order chi connectivity index (χ0) is 12.3. The summed E-state index contributed by atoms with van der Waals surface area (Å²) in [5.74, 6) is -2.63. The molecule has 0 heterocycles. The molecule has 1 atom stereocenters. The number of aliphatic hydroxyl groups is 1. The molecule has 1 aromatic carbocycles. The molecule has 0 saturated carbocycles. The summed E-state index contributed by atoms with van der Waals surface area (Å²) in [6.07, 6.45) is -7.34. The minimum atomic E-state index is -4.75. The fraction of sp³-hybridized carbons (Fsp3) is 0.333. The van der Waals surface area contributed by atoms with Gasteiger partial charge in [-0.1, -0.05) is 23.9 Å². The summed E-state index contributed by atoms with van der Waals surface area (Å²) in [7, 11) is 0. The zero-order valence-corrected chi connectivity index (χ0v) is 8.53. The van der Waals surface area contributed by atoms with Gasteiger partial charge in [0.25, 0.3) is 5.76 Å². The van der Waals surface area contributed by atoms with Crippen LogP contribution in [0.25, 0.3) is 0 Å². The van der Waals surface area contributed by atoms with Gasteiger partial charge in [0.2, 0.25) is 0 Å². The third-order valence-corrected chi connectivity index (χ3v) is 2.45. The van der Waals surface area contributed by atoms with Gasteiger partial charge in [0.15, 0.2) is 6.10 Å². The molecule has 0 aliphatic heterocycles. The highest BCUT2D eigenvalue weighted by molar-refractivity contribution is 7.99. The normalized spacial score (nSPS) is 14.2. The van der Waals surface area contributed by atoms with Gasteiger partial charge in [0.1, 0.15) is 0 Å². The van der Waals surface area contributed by atoms with Gasteiger partial charge in [-0.25, -0.2) is 0 Å². The van der Waals surface area contributed by atoms with E-state index >= 15 is 0 Å². The second-order valence-corrected chi connectivity index (χ2v) is 3.96. The standard InChI is InChI=1S/C9H7F5OS/c10-8(11)16-6-3-1-5(2-4-6)7(15)9(12,13)14/h1-4,7-8,15H. The Kier molecular flexibility index (Phi) is 4.15. The molecule has 0 aliphatic rings. The van der Waals surface area contributed by atoms with Crippen molar-refractivity contribution < 1.29 is 27.1 Å². The van der Waals surface area contributed by atoms with Gasteiger partial charge in [-0.3, -0.25) is 0 Å². The molecule has 0 fully saturated rings. The first-order valence-electron chi connectivity index (χ1n) is 4.10. The summed E-state index contributed by atoms with van der Waals surface area (Å²) in [4.78, 5) is 0.146. The zero-order valence-electron chi connectivity index (χ0n) is 7.71. The van der Waals surface area contributed by atoms with Gasteiger partial charge in [-0.2, -0.15) is 22.0 Å². The van der Waals surface area contributed by atoms with Gasteiger partial charge in [0.05, 0.1) is 0 Å². The summed E-state index contributed by atoms with van der Waals surface area (Å²) in [6.45, 7) is 0. The van der Waals surface area contributed by atoms with Crippen LogP contribution in [0.1, 0.15) is 11.7 Å². The Hall–Kier alpha value is -0.820. The predicted molar refractivity (Wildman–Crippen MR) is 49.3 cm³/mol. The van der Waals surface area contributed by atoms with Crippen molar-refractivity contribution in [3.05, 3.63) is 29.8 Å². The largest absolute Gasteiger partial charge is 0.418 e. The van der Waals surface area contributed by atoms with Crippen molar-refractivity contribution >= 4 is 11.8 Å². The average molecular weight is 258 g/mol. The van der Waals surface area contributed by atoms with E-state index in [0.29, 0.717) is 0 Å². The molecule has 1 unspecified atom stereocenters. The molecule has 16 heavy (non-hydrogen) atoms. The van der Waals surface area contributed by atoms with Crippen molar-refractivity contribution in [3.63, 3.8) is 0 Å². The average Bonchev–Trinajstić information content (AvgIpc) is 2.15. The fourth-order valence-corrected chi connectivity index (χ4v) is 1.52. The molecule has 0 saturated heterocycles. The molecule has 1 aromatic rings. The summed E-state index contributed by atoms with van der Waals surface area (Å²) in [5.41, 5.74) is -0.369. The molecule has 90 valence electrons. The lowest BCUT2D eigenvalue weighted by Gasteiger charge is -2.14. The van der Waals surface area contributed by atoms with Crippen molar-refractivity contribution in [2.75, 3.05) is 0 Å². The Morgan fingerprint density at radius 1 is 1.06 bits per heavy atom. The maximum absolute atomic E-state index is 12.1. The van der Waals surface area contributed by atoms with Gasteiger partial charge >= 0.3 is 6.18 Å². The topological polar surface area (TPSA) is 20.2 Å². The summed E-state index contributed by atoms with van der Waals surface area (Å²) in [6, 6.07) is 4.17. The van der Waals surface area contributed by atoms with Crippen LogP contribution in [0, 0.1) is 0 Å². The summed E-state index contributed by atoms with van der Waals surface area (Å²) in [5, 5.41) is 8.85. The van der Waals surface area contributed by atoms with Gasteiger partial charge in [-0.05, 0) is 17.7 Å². The number of hydrogen-bond donors (Lipinski definition) is 1. The maximum Gasteiger partial charge on any atom is 0.418 e. The molecule has 0 aromatic heterocycles. The van der Waals surface area contributed by atoms with E-state index in [-0.39, 0.29) is 22.2 Å². The van der Waals surface area contributed by atoms with Crippen molar-refractivity contribution in [3.8, 4) is 0 Å². The van der Waals surface area contributed by atoms with E-state index in [1.807, 2.05) is 0 Å². The smallest absolute Gasteiger partial charge is 0.379 e. The monoisotopic (exact) mass is 258 g/mol. The first kappa shape index (κ1) is 13.2. The molecule has 1 N–H and O–H groups in total. The van der Waals surface area contributed by atoms with E-state index in [4.69, 9.17) is 5.11 Å². The van der Waals surface area contributed by atoms with E-state index in [1.54, 1.807) is 0 Å². The van der Waals surface area contributed by atoms with E-state index in [9.17, 15) is 22.0 Å². The Morgan fingerprint density at radius 2 is 1.56 bits per heavy atom. The Labute approximate surface area is 92.3 Å². The van der Waals surface area contributed by atoms with Crippen LogP contribution < -0.4 is 0 Å². The third kappa shape index (κ3) is 3.64. The van der Waals surface area contributed by atoms with E-state index in [1.165, 1.54) is 0 Å². The van der Waals surface area contributed by atoms with Crippen molar-refractivity contribution in [2.45, 2.75) is 22.9 Å². The van der Waals surface area contributed by atoms with Crippen molar-refractivity contribution in [1.82, 2.24) is 0 Å². The van der Waals surface area contributed by atoms with Crippen molar-refractivity contribution in [1.29, 1.82) is 0 Å². The molecule has 1 nitrogen and oxygen atoms in total. The van der Waals surface area contributed by atoms with Crippen molar-refractivity contribution in [2.24, 2.45) is 0 Å². The molecule has 0 radical (unpaired) electrons. The molecule has 1 rings (SSSR count). The highest BCUT2D eigenvalue weighted by atomic mass is 32.2. The molecule has 0 bridgehead atoms. The number of hydrogen-bond acceptors (Lipinski definition) is 2. The van der Waals surface area contributed by atoms with Crippen LogP contribution in [-0.4, -0.2) is 17.0 Å². The Morgan fingerprint density at radius 3 is 1.94 bits per heavy atom. The summed E-state index contributed by atoms with van der Waals surface area (Å²) < 4.78 is 60.0. The summed E-state index contributed by atoms with van der Waals surface area (Å²) >= 11 is 0.230. The molecule has 0 amide bonds. The van der Waals surface area contributed by atoms with Crippen LogP contribution in [-0.2, 0) is 0 Å². The van der Waals surface area contributed by atoms with Gasteiger partial charge < -0.3 is 5.11 Å². The first-order valence-corrected chi connectivity index (χ1v) is 4.98. The molecule has 0 spiro atoms. The molecular formula is C9H7F5OS. The van der Waals surface area contributed by atoms with Gasteiger partial charge in [-0.15, -0.1) is 0 Å². The molecular weight excluding hydrogens is 251 g/mol. The number of halogens is 5. The minimum absolute atomic E-state index is 0.146. The lowest BCUT2D eigenvalue weighted by Crippen LogP contribution is -2.19.